The van der Waals surface area contributed by atoms with E-state index in [-0.39, 0.29) is 23.7 Å². The molecule has 2 atom stereocenters. The fourth-order valence-corrected chi connectivity index (χ4v) is 4.45. The monoisotopic (exact) mass is 464 g/mol. The van der Waals surface area contributed by atoms with Crippen LogP contribution >= 0.6 is 0 Å². The lowest BCUT2D eigenvalue weighted by molar-refractivity contribution is 0.0936. The Kier molecular flexibility index (Phi) is 7.40. The molecule has 35 heavy (non-hydrogen) atoms. The van der Waals surface area contributed by atoms with Gasteiger partial charge in [-0.15, -0.1) is 0 Å². The van der Waals surface area contributed by atoms with Gasteiger partial charge in [-0.05, 0) is 60.9 Å². The number of nitrogens with zero attached hydrogens (tertiary/aromatic N) is 5. The van der Waals surface area contributed by atoms with Gasteiger partial charge in [0.2, 0.25) is 0 Å². The van der Waals surface area contributed by atoms with Gasteiger partial charge in [-0.3, -0.25) is 9.69 Å². The highest BCUT2D eigenvalue weighted by molar-refractivity contribution is 5.94. The Morgan fingerprint density at radius 1 is 1.09 bits per heavy atom. The van der Waals surface area contributed by atoms with E-state index in [2.05, 4.69) is 64.4 Å². The number of hydrogen-bond donors (Lipinski definition) is 1. The number of carbonyl (C=O) groups excluding carboxylic acids is 1. The summed E-state index contributed by atoms with van der Waals surface area (Å²) >= 11 is 0. The third-order valence-corrected chi connectivity index (χ3v) is 6.54. The molecule has 4 rings (SSSR count). The van der Waals surface area contributed by atoms with Gasteiger partial charge < -0.3 is 10.2 Å². The minimum Gasteiger partial charge on any atom is -0.375 e. The minimum atomic E-state index is -0.185. The van der Waals surface area contributed by atoms with Gasteiger partial charge >= 0.3 is 0 Å². The summed E-state index contributed by atoms with van der Waals surface area (Å²) in [6, 6.07) is 23.7. The Balaban J connectivity index is 1.54. The van der Waals surface area contributed by atoms with Crippen molar-refractivity contribution in [2.24, 2.45) is 0 Å². The van der Waals surface area contributed by atoms with Crippen molar-refractivity contribution in [1.82, 2.24) is 15.2 Å². The maximum absolute atomic E-state index is 12.7. The smallest absolute Gasteiger partial charge is 0.253 e. The topological polar surface area (TPSA) is 96.0 Å². The van der Waals surface area contributed by atoms with Crippen LogP contribution in [0.15, 0.2) is 66.9 Å². The van der Waals surface area contributed by atoms with Crippen LogP contribution in [0, 0.1) is 22.7 Å². The van der Waals surface area contributed by atoms with Gasteiger partial charge in [0.1, 0.15) is 11.8 Å². The standard InChI is InChI=1S/C28H28N6O/c1-3-33(2)26-12-9-22(10-13-26)27(21-6-4-20(16-29)5-7-21)34-15-14-25(19-34)32-28(35)23-8-11-24(17-30)31-18-23/h4-13,18,25,27H,3,14-15,19H2,1-2H3,(H,32,35)/t25?,27-/m1/s1. The molecular weight excluding hydrogens is 436 g/mol. The summed E-state index contributed by atoms with van der Waals surface area (Å²) in [7, 11) is 2.07. The Morgan fingerprint density at radius 3 is 2.34 bits per heavy atom. The first-order chi connectivity index (χ1) is 17.0. The van der Waals surface area contributed by atoms with Crippen LogP contribution in [-0.4, -0.2) is 48.5 Å². The molecule has 7 heteroatoms. The lowest BCUT2D eigenvalue weighted by atomic mass is 9.96. The first-order valence-electron chi connectivity index (χ1n) is 11.7. The molecule has 1 saturated heterocycles. The molecule has 2 aromatic carbocycles. The third-order valence-electron chi connectivity index (χ3n) is 6.54. The number of likely N-dealkylation sites (tertiary alicyclic amines) is 1. The van der Waals surface area contributed by atoms with Gasteiger partial charge in [0.05, 0.1) is 23.2 Å². The van der Waals surface area contributed by atoms with Crippen LogP contribution in [0.2, 0.25) is 0 Å². The fourth-order valence-electron chi connectivity index (χ4n) is 4.45. The Morgan fingerprint density at radius 2 is 1.77 bits per heavy atom. The van der Waals surface area contributed by atoms with Gasteiger partial charge in [-0.25, -0.2) is 4.98 Å². The van der Waals surface area contributed by atoms with Gasteiger partial charge in [0, 0.05) is 44.6 Å². The molecule has 176 valence electrons. The number of anilines is 1. The summed E-state index contributed by atoms with van der Waals surface area (Å²) in [5.41, 5.74) is 4.82. The molecule has 7 nitrogen and oxygen atoms in total. The first kappa shape index (κ1) is 23.9. The van der Waals surface area contributed by atoms with Crippen LogP contribution < -0.4 is 10.2 Å². The van der Waals surface area contributed by atoms with E-state index >= 15 is 0 Å². The second kappa shape index (κ2) is 10.8. The van der Waals surface area contributed by atoms with E-state index in [1.165, 1.54) is 11.8 Å². The maximum atomic E-state index is 12.7. The molecule has 0 saturated carbocycles. The maximum Gasteiger partial charge on any atom is 0.253 e. The second-order valence-electron chi connectivity index (χ2n) is 8.74. The third kappa shape index (κ3) is 5.48. The zero-order chi connectivity index (χ0) is 24.8. The normalized spacial score (nSPS) is 16.2. The molecule has 1 N–H and O–H groups in total. The zero-order valence-electron chi connectivity index (χ0n) is 20.0. The van der Waals surface area contributed by atoms with Gasteiger partial charge in [0.25, 0.3) is 5.91 Å². The Labute approximate surface area is 206 Å². The average Bonchev–Trinajstić information content (AvgIpc) is 3.36. The van der Waals surface area contributed by atoms with Crippen LogP contribution in [0.3, 0.4) is 0 Å². The van der Waals surface area contributed by atoms with E-state index in [4.69, 9.17) is 5.26 Å². The number of nitrogens with one attached hydrogen (secondary N) is 1. The molecule has 2 heterocycles. The predicted octanol–water partition coefficient (Wildman–Crippen LogP) is 3.87. The Hall–Kier alpha value is -4.20. The van der Waals surface area contributed by atoms with E-state index in [0.717, 1.165) is 30.8 Å². The van der Waals surface area contributed by atoms with Crippen molar-refractivity contribution in [2.45, 2.75) is 25.4 Å². The fraction of sp³-hybridized carbons (Fsp3) is 0.286. The number of benzene rings is 2. The van der Waals surface area contributed by atoms with Crippen molar-refractivity contribution in [3.05, 3.63) is 94.8 Å². The lowest BCUT2D eigenvalue weighted by Crippen LogP contribution is -2.38. The number of aromatic nitrogens is 1. The molecule has 3 aromatic rings. The molecule has 1 aliphatic heterocycles. The van der Waals surface area contributed by atoms with Crippen LogP contribution in [-0.2, 0) is 0 Å². The largest absolute Gasteiger partial charge is 0.375 e. The highest BCUT2D eigenvalue weighted by Gasteiger charge is 2.31. The number of hydrogen-bond acceptors (Lipinski definition) is 6. The molecule has 0 radical (unpaired) electrons. The molecule has 1 fully saturated rings. The summed E-state index contributed by atoms with van der Waals surface area (Å²) < 4.78 is 0. The van der Waals surface area contributed by atoms with Crippen molar-refractivity contribution in [2.75, 3.05) is 31.6 Å². The second-order valence-corrected chi connectivity index (χ2v) is 8.74. The number of rotatable bonds is 7. The average molecular weight is 465 g/mol. The predicted molar refractivity (Wildman–Crippen MR) is 135 cm³/mol. The summed E-state index contributed by atoms with van der Waals surface area (Å²) in [6.45, 7) is 4.59. The van der Waals surface area contributed by atoms with Crippen molar-refractivity contribution in [1.29, 1.82) is 10.5 Å². The summed E-state index contributed by atoms with van der Waals surface area (Å²) in [6.07, 6.45) is 2.27. The van der Waals surface area contributed by atoms with Gasteiger partial charge in [0.15, 0.2) is 0 Å². The van der Waals surface area contributed by atoms with Gasteiger partial charge in [-0.2, -0.15) is 10.5 Å². The minimum absolute atomic E-state index is 0.00419. The number of amides is 1. The number of pyridine rings is 1. The van der Waals surface area contributed by atoms with Crippen molar-refractivity contribution < 1.29 is 4.79 Å². The summed E-state index contributed by atoms with van der Waals surface area (Å²) in [5, 5.41) is 21.2. The van der Waals surface area contributed by atoms with E-state index < -0.39 is 0 Å². The number of nitriles is 2. The molecule has 0 spiro atoms. The van der Waals surface area contributed by atoms with Crippen LogP contribution in [0.4, 0.5) is 5.69 Å². The van der Waals surface area contributed by atoms with E-state index in [9.17, 15) is 10.1 Å². The molecule has 0 bridgehead atoms. The first-order valence-corrected chi connectivity index (χ1v) is 11.7. The SMILES string of the molecule is CCN(C)c1ccc([C@@H](c2ccc(C#N)cc2)N2CCC(NC(=O)c3ccc(C#N)nc3)C2)cc1. The highest BCUT2D eigenvalue weighted by atomic mass is 16.1. The van der Waals surface area contributed by atoms with E-state index in [0.29, 0.717) is 17.7 Å². The van der Waals surface area contributed by atoms with Crippen LogP contribution in [0.1, 0.15) is 52.1 Å². The zero-order valence-corrected chi connectivity index (χ0v) is 20.0. The molecule has 1 aromatic heterocycles. The van der Waals surface area contributed by atoms with Crippen molar-refractivity contribution >= 4 is 11.6 Å². The van der Waals surface area contributed by atoms with Gasteiger partial charge in [-0.1, -0.05) is 24.3 Å². The van der Waals surface area contributed by atoms with Crippen molar-refractivity contribution in [3.8, 4) is 12.1 Å². The molecular formula is C28H28N6O. The molecule has 0 aliphatic carbocycles. The molecule has 1 amide bonds. The molecule has 1 aliphatic rings. The van der Waals surface area contributed by atoms with Crippen LogP contribution in [0.5, 0.6) is 0 Å². The van der Waals surface area contributed by atoms with E-state index in [1.807, 2.05) is 30.3 Å². The summed E-state index contributed by atoms with van der Waals surface area (Å²) in [5.74, 6) is -0.185. The van der Waals surface area contributed by atoms with E-state index in [1.54, 1.807) is 12.1 Å². The summed E-state index contributed by atoms with van der Waals surface area (Å²) in [4.78, 5) is 21.3. The number of carbonyl (C=O) groups is 1. The van der Waals surface area contributed by atoms with Crippen molar-refractivity contribution in [3.63, 3.8) is 0 Å². The highest BCUT2D eigenvalue weighted by Crippen LogP contribution is 2.33. The Bertz CT molecular complexity index is 1240. The lowest BCUT2D eigenvalue weighted by Gasteiger charge is -2.29. The molecule has 1 unspecified atom stereocenters. The van der Waals surface area contributed by atoms with Crippen LogP contribution in [0.25, 0.3) is 0 Å². The quantitative estimate of drug-likeness (QED) is 0.570.